The Morgan fingerprint density at radius 2 is 2.12 bits per heavy atom. The fourth-order valence-electron chi connectivity index (χ4n) is 2.75. The fourth-order valence-corrected chi connectivity index (χ4v) is 2.75. The van der Waals surface area contributed by atoms with E-state index in [0.717, 1.165) is 23.5 Å². The van der Waals surface area contributed by atoms with Crippen molar-refractivity contribution in [3.8, 4) is 11.5 Å². The number of hydrogen-bond acceptors (Lipinski definition) is 5. The van der Waals surface area contributed by atoms with Crippen molar-refractivity contribution in [3.05, 3.63) is 46.8 Å². The molecule has 0 fully saturated rings. The fraction of sp³-hybridized carbons (Fsp3) is 0.333. The SMILES string of the molecule is COCCn1c(C)cc(/C=N/NC(=O)c2ccc3c(c2)OCO3)c1C. The maximum atomic E-state index is 12.2. The number of aromatic nitrogens is 1. The van der Waals surface area contributed by atoms with E-state index in [2.05, 4.69) is 15.1 Å². The Hall–Kier alpha value is -2.80. The number of fused-ring (bicyclic) bond motifs is 1. The number of nitrogens with one attached hydrogen (secondary N) is 1. The van der Waals surface area contributed by atoms with Gasteiger partial charge in [-0.1, -0.05) is 0 Å². The van der Waals surface area contributed by atoms with Crippen LogP contribution >= 0.6 is 0 Å². The number of carbonyl (C=O) groups excluding carboxylic acids is 1. The van der Waals surface area contributed by atoms with E-state index < -0.39 is 0 Å². The Labute approximate surface area is 146 Å². The van der Waals surface area contributed by atoms with Crippen LogP contribution in [0.2, 0.25) is 0 Å². The summed E-state index contributed by atoms with van der Waals surface area (Å²) in [5, 5.41) is 4.07. The number of benzene rings is 1. The van der Waals surface area contributed by atoms with E-state index in [1.807, 2.05) is 19.9 Å². The molecule has 1 aliphatic rings. The molecule has 1 N–H and O–H groups in total. The summed E-state index contributed by atoms with van der Waals surface area (Å²) in [7, 11) is 1.68. The molecule has 7 heteroatoms. The van der Waals surface area contributed by atoms with Gasteiger partial charge in [0, 0.05) is 36.2 Å². The lowest BCUT2D eigenvalue weighted by Crippen LogP contribution is -2.17. The second-order valence-corrected chi connectivity index (χ2v) is 5.74. The monoisotopic (exact) mass is 343 g/mol. The highest BCUT2D eigenvalue weighted by Crippen LogP contribution is 2.32. The van der Waals surface area contributed by atoms with E-state index in [1.165, 1.54) is 0 Å². The normalized spacial score (nSPS) is 12.8. The van der Waals surface area contributed by atoms with Gasteiger partial charge in [-0.3, -0.25) is 4.79 Å². The minimum absolute atomic E-state index is 0.178. The van der Waals surface area contributed by atoms with Gasteiger partial charge >= 0.3 is 0 Å². The molecule has 0 aliphatic carbocycles. The summed E-state index contributed by atoms with van der Waals surface area (Å²) < 4.78 is 17.8. The summed E-state index contributed by atoms with van der Waals surface area (Å²) in [5.74, 6) is 0.907. The van der Waals surface area contributed by atoms with Crippen LogP contribution in [0.25, 0.3) is 0 Å². The third-order valence-electron chi connectivity index (χ3n) is 4.14. The quantitative estimate of drug-likeness (QED) is 0.645. The molecule has 0 bridgehead atoms. The molecule has 2 aromatic rings. The van der Waals surface area contributed by atoms with Crippen molar-refractivity contribution in [2.24, 2.45) is 5.10 Å². The molecule has 1 aromatic heterocycles. The second kappa shape index (κ2) is 7.40. The number of ether oxygens (including phenoxy) is 3. The molecule has 3 rings (SSSR count). The van der Waals surface area contributed by atoms with Gasteiger partial charge in [0.15, 0.2) is 11.5 Å². The summed E-state index contributed by atoms with van der Waals surface area (Å²) in [6, 6.07) is 7.06. The average Bonchev–Trinajstić information content (AvgIpc) is 3.17. The van der Waals surface area contributed by atoms with Crippen LogP contribution in [0.3, 0.4) is 0 Å². The van der Waals surface area contributed by atoms with Crippen LogP contribution in [-0.4, -0.2) is 37.2 Å². The zero-order chi connectivity index (χ0) is 17.8. The van der Waals surface area contributed by atoms with Crippen molar-refractivity contribution in [1.82, 2.24) is 9.99 Å². The first-order valence-electron chi connectivity index (χ1n) is 7.99. The molecule has 0 radical (unpaired) electrons. The molecule has 1 amide bonds. The number of amides is 1. The number of aryl methyl sites for hydroxylation is 1. The minimum Gasteiger partial charge on any atom is -0.454 e. The van der Waals surface area contributed by atoms with Crippen molar-refractivity contribution in [2.45, 2.75) is 20.4 Å². The number of carbonyl (C=O) groups is 1. The molecular weight excluding hydrogens is 322 g/mol. The summed E-state index contributed by atoms with van der Waals surface area (Å²) in [5.41, 5.74) is 6.16. The third-order valence-corrected chi connectivity index (χ3v) is 4.14. The van der Waals surface area contributed by atoms with E-state index >= 15 is 0 Å². The Bertz CT molecular complexity index is 811. The van der Waals surface area contributed by atoms with E-state index in [-0.39, 0.29) is 12.7 Å². The Morgan fingerprint density at radius 1 is 1.32 bits per heavy atom. The van der Waals surface area contributed by atoms with E-state index in [0.29, 0.717) is 23.7 Å². The number of nitrogens with zero attached hydrogens (tertiary/aromatic N) is 2. The topological polar surface area (TPSA) is 74.1 Å². The van der Waals surface area contributed by atoms with Gasteiger partial charge in [-0.25, -0.2) is 5.43 Å². The molecule has 132 valence electrons. The Morgan fingerprint density at radius 3 is 2.92 bits per heavy atom. The molecule has 25 heavy (non-hydrogen) atoms. The van der Waals surface area contributed by atoms with E-state index in [9.17, 15) is 4.79 Å². The predicted octanol–water partition coefficient (Wildman–Crippen LogP) is 2.24. The molecule has 1 aromatic carbocycles. The third kappa shape index (κ3) is 3.66. The first kappa shape index (κ1) is 17.0. The van der Waals surface area contributed by atoms with Crippen molar-refractivity contribution in [3.63, 3.8) is 0 Å². The lowest BCUT2D eigenvalue weighted by Gasteiger charge is -2.08. The van der Waals surface area contributed by atoms with Gasteiger partial charge in [-0.2, -0.15) is 5.10 Å². The number of rotatable bonds is 6. The lowest BCUT2D eigenvalue weighted by atomic mass is 10.2. The highest BCUT2D eigenvalue weighted by atomic mass is 16.7. The standard InChI is InChI=1S/C18H21N3O4/c1-12-8-15(13(2)21(12)6-7-23-3)10-19-20-18(22)14-4-5-16-17(9-14)25-11-24-16/h4-5,8-10H,6-7,11H2,1-3H3,(H,20,22)/b19-10+. The maximum absolute atomic E-state index is 12.2. The summed E-state index contributed by atoms with van der Waals surface area (Å²) in [4.78, 5) is 12.2. The molecular formula is C18H21N3O4. The van der Waals surface area contributed by atoms with Gasteiger partial charge in [-0.15, -0.1) is 0 Å². The van der Waals surface area contributed by atoms with Gasteiger partial charge in [0.1, 0.15) is 0 Å². The van der Waals surface area contributed by atoms with Crippen molar-refractivity contribution in [2.75, 3.05) is 20.5 Å². The molecule has 0 unspecified atom stereocenters. The van der Waals surface area contributed by atoms with E-state index in [4.69, 9.17) is 14.2 Å². The molecule has 0 saturated heterocycles. The van der Waals surface area contributed by atoms with Crippen LogP contribution in [0.4, 0.5) is 0 Å². The zero-order valence-electron chi connectivity index (χ0n) is 14.5. The Balaban J connectivity index is 1.66. The molecule has 0 spiro atoms. The molecule has 2 heterocycles. The van der Waals surface area contributed by atoms with Crippen LogP contribution < -0.4 is 14.9 Å². The molecule has 1 aliphatic heterocycles. The van der Waals surface area contributed by atoms with Gasteiger partial charge in [0.2, 0.25) is 6.79 Å². The minimum atomic E-state index is -0.303. The van der Waals surface area contributed by atoms with Gasteiger partial charge in [-0.05, 0) is 38.1 Å². The van der Waals surface area contributed by atoms with Gasteiger partial charge in [0.05, 0.1) is 12.8 Å². The zero-order valence-corrected chi connectivity index (χ0v) is 14.5. The first-order valence-corrected chi connectivity index (χ1v) is 7.99. The number of methoxy groups -OCH3 is 1. The summed E-state index contributed by atoms with van der Waals surface area (Å²) in [6.45, 7) is 5.66. The van der Waals surface area contributed by atoms with Crippen LogP contribution in [0.1, 0.15) is 27.3 Å². The van der Waals surface area contributed by atoms with Crippen LogP contribution in [0, 0.1) is 13.8 Å². The number of hydrogen-bond donors (Lipinski definition) is 1. The molecule has 7 nitrogen and oxygen atoms in total. The van der Waals surface area contributed by atoms with Crippen molar-refractivity contribution in [1.29, 1.82) is 0 Å². The largest absolute Gasteiger partial charge is 0.454 e. The second-order valence-electron chi connectivity index (χ2n) is 5.74. The van der Waals surface area contributed by atoms with Gasteiger partial charge in [0.25, 0.3) is 5.91 Å². The lowest BCUT2D eigenvalue weighted by molar-refractivity contribution is 0.0954. The summed E-state index contributed by atoms with van der Waals surface area (Å²) >= 11 is 0. The van der Waals surface area contributed by atoms with Crippen molar-refractivity contribution < 1.29 is 19.0 Å². The van der Waals surface area contributed by atoms with E-state index in [1.54, 1.807) is 31.5 Å². The predicted molar refractivity (Wildman–Crippen MR) is 93.4 cm³/mol. The van der Waals surface area contributed by atoms with Gasteiger partial charge < -0.3 is 18.8 Å². The highest BCUT2D eigenvalue weighted by molar-refractivity contribution is 5.95. The van der Waals surface area contributed by atoms with Crippen LogP contribution in [-0.2, 0) is 11.3 Å². The van der Waals surface area contributed by atoms with Crippen LogP contribution in [0.15, 0.2) is 29.4 Å². The smallest absolute Gasteiger partial charge is 0.271 e. The Kier molecular flexibility index (Phi) is 5.04. The molecule has 0 saturated carbocycles. The highest BCUT2D eigenvalue weighted by Gasteiger charge is 2.16. The van der Waals surface area contributed by atoms with Crippen molar-refractivity contribution >= 4 is 12.1 Å². The summed E-state index contributed by atoms with van der Waals surface area (Å²) in [6.07, 6.45) is 1.65. The molecule has 0 atom stereocenters. The maximum Gasteiger partial charge on any atom is 0.271 e. The number of hydrazone groups is 1. The van der Waals surface area contributed by atoms with Crippen LogP contribution in [0.5, 0.6) is 11.5 Å². The average molecular weight is 343 g/mol. The first-order chi connectivity index (χ1) is 12.1.